The normalized spacial score (nSPS) is 10.6. The van der Waals surface area contributed by atoms with Crippen LogP contribution >= 0.6 is 0 Å². The number of hydrogen-bond donors (Lipinski definition) is 1. The third kappa shape index (κ3) is 3.21. The SMILES string of the molecule is CCN(c1cccc(F)c1)c1cc(N)nc(COC)n1. The first kappa shape index (κ1) is 14.2. The van der Waals surface area contributed by atoms with Gasteiger partial charge in [0.25, 0.3) is 0 Å². The number of anilines is 3. The number of rotatable bonds is 5. The van der Waals surface area contributed by atoms with Crippen molar-refractivity contribution < 1.29 is 9.13 Å². The Morgan fingerprint density at radius 1 is 1.30 bits per heavy atom. The van der Waals surface area contributed by atoms with Gasteiger partial charge in [0.05, 0.1) is 0 Å². The molecule has 0 saturated carbocycles. The summed E-state index contributed by atoms with van der Waals surface area (Å²) >= 11 is 0. The number of nitrogens with two attached hydrogens (primary N) is 1. The maximum absolute atomic E-state index is 13.4. The molecular weight excluding hydrogens is 259 g/mol. The van der Waals surface area contributed by atoms with Crippen molar-refractivity contribution >= 4 is 17.3 Å². The van der Waals surface area contributed by atoms with E-state index in [0.29, 0.717) is 29.7 Å². The van der Waals surface area contributed by atoms with E-state index in [4.69, 9.17) is 10.5 Å². The van der Waals surface area contributed by atoms with Gasteiger partial charge in [-0.1, -0.05) is 6.07 Å². The van der Waals surface area contributed by atoms with E-state index in [9.17, 15) is 4.39 Å². The highest BCUT2D eigenvalue weighted by molar-refractivity contribution is 5.61. The highest BCUT2D eigenvalue weighted by atomic mass is 19.1. The zero-order valence-corrected chi connectivity index (χ0v) is 11.5. The Labute approximate surface area is 117 Å². The van der Waals surface area contributed by atoms with E-state index < -0.39 is 0 Å². The maximum Gasteiger partial charge on any atom is 0.158 e. The molecule has 6 heteroatoms. The molecule has 2 N–H and O–H groups in total. The maximum atomic E-state index is 13.4. The number of halogens is 1. The fourth-order valence-electron chi connectivity index (χ4n) is 1.96. The Kier molecular flexibility index (Phi) is 4.47. The van der Waals surface area contributed by atoms with Crippen LogP contribution in [0.15, 0.2) is 30.3 Å². The van der Waals surface area contributed by atoms with Gasteiger partial charge in [0, 0.05) is 25.4 Å². The van der Waals surface area contributed by atoms with Gasteiger partial charge in [-0.05, 0) is 25.1 Å². The lowest BCUT2D eigenvalue weighted by Gasteiger charge is -2.22. The molecule has 0 radical (unpaired) electrons. The Hall–Kier alpha value is -2.21. The molecule has 0 bridgehead atoms. The van der Waals surface area contributed by atoms with Gasteiger partial charge in [-0.15, -0.1) is 0 Å². The number of benzene rings is 1. The zero-order valence-electron chi connectivity index (χ0n) is 11.5. The third-order valence-electron chi connectivity index (χ3n) is 2.76. The third-order valence-corrected chi connectivity index (χ3v) is 2.76. The second-order valence-electron chi connectivity index (χ2n) is 4.22. The smallest absolute Gasteiger partial charge is 0.158 e. The van der Waals surface area contributed by atoms with E-state index in [0.717, 1.165) is 0 Å². The molecule has 0 fully saturated rings. The topological polar surface area (TPSA) is 64.3 Å². The molecule has 0 aliphatic heterocycles. The van der Waals surface area contributed by atoms with E-state index in [-0.39, 0.29) is 12.4 Å². The molecule has 1 aromatic carbocycles. The molecule has 0 spiro atoms. The summed E-state index contributed by atoms with van der Waals surface area (Å²) in [6, 6.07) is 8.00. The lowest BCUT2D eigenvalue weighted by Crippen LogP contribution is -2.19. The van der Waals surface area contributed by atoms with Gasteiger partial charge in [-0.2, -0.15) is 0 Å². The van der Waals surface area contributed by atoms with Crippen molar-refractivity contribution in [1.29, 1.82) is 0 Å². The quantitative estimate of drug-likeness (QED) is 0.909. The summed E-state index contributed by atoms with van der Waals surface area (Å²) in [5.41, 5.74) is 6.50. The minimum atomic E-state index is -0.292. The second-order valence-corrected chi connectivity index (χ2v) is 4.22. The standard InChI is InChI=1S/C14H17FN4O/c1-3-19(11-6-4-5-10(15)7-11)14-8-12(16)17-13(18-14)9-20-2/h4-8H,3,9H2,1-2H3,(H2,16,17,18). The summed E-state index contributed by atoms with van der Waals surface area (Å²) in [6.45, 7) is 2.87. The summed E-state index contributed by atoms with van der Waals surface area (Å²) in [6.07, 6.45) is 0. The summed E-state index contributed by atoms with van der Waals surface area (Å²) in [5.74, 6) is 1.19. The average molecular weight is 276 g/mol. The van der Waals surface area contributed by atoms with Crippen LogP contribution in [0.2, 0.25) is 0 Å². The molecule has 0 atom stereocenters. The van der Waals surface area contributed by atoms with Crippen LogP contribution in [0.1, 0.15) is 12.7 Å². The number of ether oxygens (including phenoxy) is 1. The van der Waals surface area contributed by atoms with E-state index in [1.54, 1.807) is 19.2 Å². The first-order valence-electron chi connectivity index (χ1n) is 6.29. The highest BCUT2D eigenvalue weighted by Crippen LogP contribution is 2.25. The molecule has 1 aromatic heterocycles. The van der Waals surface area contributed by atoms with E-state index in [1.807, 2.05) is 17.9 Å². The summed E-state index contributed by atoms with van der Waals surface area (Å²) < 4.78 is 18.4. The van der Waals surface area contributed by atoms with Crippen LogP contribution in [0.25, 0.3) is 0 Å². The number of nitrogen functional groups attached to an aromatic ring is 1. The van der Waals surface area contributed by atoms with Gasteiger partial charge in [0.1, 0.15) is 24.1 Å². The van der Waals surface area contributed by atoms with Crippen molar-refractivity contribution in [3.8, 4) is 0 Å². The molecular formula is C14H17FN4O. The van der Waals surface area contributed by atoms with Crippen LogP contribution in [0.3, 0.4) is 0 Å². The van der Waals surface area contributed by atoms with Gasteiger partial charge < -0.3 is 15.4 Å². The van der Waals surface area contributed by atoms with Crippen molar-refractivity contribution in [2.75, 3.05) is 24.3 Å². The zero-order chi connectivity index (χ0) is 14.5. The number of nitrogens with zero attached hydrogens (tertiary/aromatic N) is 3. The number of aromatic nitrogens is 2. The Morgan fingerprint density at radius 3 is 2.75 bits per heavy atom. The van der Waals surface area contributed by atoms with Crippen molar-refractivity contribution in [2.45, 2.75) is 13.5 Å². The average Bonchev–Trinajstić information content (AvgIpc) is 2.39. The molecule has 0 unspecified atom stereocenters. The summed E-state index contributed by atoms with van der Waals surface area (Å²) in [7, 11) is 1.57. The van der Waals surface area contributed by atoms with Crippen LogP contribution in [0, 0.1) is 5.82 Å². The number of hydrogen-bond acceptors (Lipinski definition) is 5. The van der Waals surface area contributed by atoms with Gasteiger partial charge in [-0.3, -0.25) is 0 Å². The fourth-order valence-corrected chi connectivity index (χ4v) is 1.96. The first-order chi connectivity index (χ1) is 9.63. The highest BCUT2D eigenvalue weighted by Gasteiger charge is 2.12. The summed E-state index contributed by atoms with van der Waals surface area (Å²) in [5, 5.41) is 0. The van der Waals surface area contributed by atoms with Gasteiger partial charge >= 0.3 is 0 Å². The molecule has 106 valence electrons. The molecule has 2 aromatic rings. The van der Waals surface area contributed by atoms with Crippen LogP contribution < -0.4 is 10.6 Å². The lowest BCUT2D eigenvalue weighted by molar-refractivity contribution is 0.178. The van der Waals surface area contributed by atoms with Gasteiger partial charge in [-0.25, -0.2) is 14.4 Å². The Bertz CT molecular complexity index is 591. The van der Waals surface area contributed by atoms with Crippen LogP contribution in [0.4, 0.5) is 21.7 Å². The molecule has 0 saturated heterocycles. The minimum Gasteiger partial charge on any atom is -0.384 e. The monoisotopic (exact) mass is 276 g/mol. The van der Waals surface area contributed by atoms with Crippen LogP contribution in [0.5, 0.6) is 0 Å². The predicted octanol–water partition coefficient (Wildman–Crippen LogP) is 2.50. The van der Waals surface area contributed by atoms with Crippen molar-refractivity contribution in [2.24, 2.45) is 0 Å². The molecule has 20 heavy (non-hydrogen) atoms. The van der Waals surface area contributed by atoms with E-state index >= 15 is 0 Å². The molecule has 1 heterocycles. The van der Waals surface area contributed by atoms with Gasteiger partial charge in [0.15, 0.2) is 5.82 Å². The molecule has 5 nitrogen and oxygen atoms in total. The van der Waals surface area contributed by atoms with Crippen LogP contribution in [-0.4, -0.2) is 23.6 Å². The molecule has 0 aliphatic rings. The second kappa shape index (κ2) is 6.29. The molecule has 2 rings (SSSR count). The Balaban J connectivity index is 2.41. The van der Waals surface area contributed by atoms with Crippen molar-refractivity contribution in [1.82, 2.24) is 9.97 Å². The van der Waals surface area contributed by atoms with Crippen molar-refractivity contribution in [3.63, 3.8) is 0 Å². The van der Waals surface area contributed by atoms with E-state index in [1.165, 1.54) is 12.1 Å². The molecule has 0 aliphatic carbocycles. The van der Waals surface area contributed by atoms with E-state index in [2.05, 4.69) is 9.97 Å². The number of methoxy groups -OCH3 is 1. The summed E-state index contributed by atoms with van der Waals surface area (Å²) in [4.78, 5) is 10.3. The van der Waals surface area contributed by atoms with Crippen LogP contribution in [-0.2, 0) is 11.3 Å². The fraction of sp³-hybridized carbons (Fsp3) is 0.286. The lowest BCUT2D eigenvalue weighted by atomic mass is 10.2. The largest absolute Gasteiger partial charge is 0.384 e. The predicted molar refractivity (Wildman–Crippen MR) is 76.2 cm³/mol. The Morgan fingerprint density at radius 2 is 2.10 bits per heavy atom. The molecule has 0 amide bonds. The first-order valence-corrected chi connectivity index (χ1v) is 6.29. The van der Waals surface area contributed by atoms with Crippen molar-refractivity contribution in [3.05, 3.63) is 42.0 Å². The minimum absolute atomic E-state index is 0.277. The van der Waals surface area contributed by atoms with Gasteiger partial charge in [0.2, 0.25) is 0 Å².